The average Bonchev–Trinajstić information content (AvgIpc) is 3.18. The van der Waals surface area contributed by atoms with E-state index in [1.165, 1.54) is 30.7 Å². The van der Waals surface area contributed by atoms with Gasteiger partial charge in [-0.15, -0.1) is 11.3 Å². The van der Waals surface area contributed by atoms with E-state index in [4.69, 9.17) is 4.74 Å². The van der Waals surface area contributed by atoms with Gasteiger partial charge in [0, 0.05) is 24.3 Å². The maximum atomic E-state index is 12.7. The molecule has 0 radical (unpaired) electrons. The second kappa shape index (κ2) is 8.07. The predicted octanol–water partition coefficient (Wildman–Crippen LogP) is 1.81. The monoisotopic (exact) mass is 410 g/mol. The first kappa shape index (κ1) is 19.3. The number of hydrogen-bond acceptors (Lipinski definition) is 7. The van der Waals surface area contributed by atoms with Crippen LogP contribution in [0.4, 0.5) is 5.69 Å². The van der Waals surface area contributed by atoms with Crippen LogP contribution in [0.25, 0.3) is 0 Å². The molecule has 0 atom stereocenters. The summed E-state index contributed by atoms with van der Waals surface area (Å²) in [5, 5.41) is 1.50. The molecule has 1 N–H and O–H groups in total. The van der Waals surface area contributed by atoms with Crippen molar-refractivity contribution < 1.29 is 27.5 Å². The standard InChI is InChI=1S/C17H18N2O6S2/c1-24-17(21)15-14(5-10-26-15)27(22,23)18-13-4-2-3-12(11-13)16(20)19-6-8-25-9-7-19/h2-5,10-11,18H,6-9H2,1H3. The zero-order valence-corrected chi connectivity index (χ0v) is 16.1. The quantitative estimate of drug-likeness (QED) is 0.755. The summed E-state index contributed by atoms with van der Waals surface area (Å²) >= 11 is 0.980. The number of sulfonamides is 1. The van der Waals surface area contributed by atoms with Crippen LogP contribution >= 0.6 is 11.3 Å². The third kappa shape index (κ3) is 4.29. The number of ether oxygens (including phenoxy) is 2. The van der Waals surface area contributed by atoms with E-state index in [2.05, 4.69) is 9.46 Å². The van der Waals surface area contributed by atoms with Crippen LogP contribution in [-0.4, -0.2) is 58.6 Å². The number of benzene rings is 1. The van der Waals surface area contributed by atoms with E-state index in [0.29, 0.717) is 31.9 Å². The van der Waals surface area contributed by atoms with E-state index in [0.717, 1.165) is 11.3 Å². The van der Waals surface area contributed by atoms with Crippen LogP contribution in [-0.2, 0) is 19.5 Å². The number of rotatable bonds is 5. The number of morpholine rings is 1. The van der Waals surface area contributed by atoms with Gasteiger partial charge >= 0.3 is 5.97 Å². The number of carbonyl (C=O) groups excluding carboxylic acids is 2. The van der Waals surface area contributed by atoms with Crippen molar-refractivity contribution >= 4 is 38.9 Å². The largest absolute Gasteiger partial charge is 0.465 e. The number of esters is 1. The summed E-state index contributed by atoms with van der Waals surface area (Å²) < 4.78 is 37.6. The minimum atomic E-state index is -4.01. The molecule has 1 aromatic heterocycles. The zero-order valence-electron chi connectivity index (χ0n) is 14.5. The lowest BCUT2D eigenvalue weighted by Gasteiger charge is -2.27. The Morgan fingerprint density at radius 2 is 1.96 bits per heavy atom. The van der Waals surface area contributed by atoms with E-state index >= 15 is 0 Å². The van der Waals surface area contributed by atoms with Crippen molar-refractivity contribution in [3.8, 4) is 0 Å². The normalized spacial score (nSPS) is 14.6. The van der Waals surface area contributed by atoms with Crippen molar-refractivity contribution in [3.63, 3.8) is 0 Å². The van der Waals surface area contributed by atoms with Gasteiger partial charge in [0.25, 0.3) is 15.9 Å². The number of methoxy groups -OCH3 is 1. The van der Waals surface area contributed by atoms with Gasteiger partial charge in [-0.05, 0) is 29.6 Å². The minimum Gasteiger partial charge on any atom is -0.465 e. The van der Waals surface area contributed by atoms with Crippen LogP contribution in [0.2, 0.25) is 0 Å². The minimum absolute atomic E-state index is 0.00875. The number of nitrogens with one attached hydrogen (secondary N) is 1. The van der Waals surface area contributed by atoms with Crippen LogP contribution in [0, 0.1) is 0 Å². The summed E-state index contributed by atoms with van der Waals surface area (Å²) in [4.78, 5) is 25.8. The van der Waals surface area contributed by atoms with Gasteiger partial charge in [-0.3, -0.25) is 9.52 Å². The number of thiophene rings is 1. The van der Waals surface area contributed by atoms with Gasteiger partial charge in [-0.2, -0.15) is 0 Å². The second-order valence-electron chi connectivity index (χ2n) is 5.70. The highest BCUT2D eigenvalue weighted by atomic mass is 32.2. The van der Waals surface area contributed by atoms with Gasteiger partial charge in [0.15, 0.2) is 0 Å². The molecule has 27 heavy (non-hydrogen) atoms. The molecule has 0 bridgehead atoms. The Hall–Kier alpha value is -2.43. The van der Waals surface area contributed by atoms with Crippen molar-refractivity contribution in [3.05, 3.63) is 46.2 Å². The summed E-state index contributed by atoms with van der Waals surface area (Å²) in [7, 11) is -2.82. The molecule has 1 amide bonds. The first-order valence-electron chi connectivity index (χ1n) is 8.08. The highest BCUT2D eigenvalue weighted by molar-refractivity contribution is 7.93. The Kier molecular flexibility index (Phi) is 5.78. The summed E-state index contributed by atoms with van der Waals surface area (Å²) in [5.74, 6) is -0.910. The highest BCUT2D eigenvalue weighted by Gasteiger charge is 2.25. The molecule has 1 aliphatic heterocycles. The van der Waals surface area contributed by atoms with Crippen molar-refractivity contribution in [2.75, 3.05) is 38.1 Å². The molecule has 1 saturated heterocycles. The van der Waals surface area contributed by atoms with Gasteiger partial charge in [0.05, 0.1) is 20.3 Å². The molecular formula is C17H18N2O6S2. The van der Waals surface area contributed by atoms with Crippen LogP contribution in [0.1, 0.15) is 20.0 Å². The van der Waals surface area contributed by atoms with E-state index in [-0.39, 0.29) is 21.4 Å². The van der Waals surface area contributed by atoms with Crippen LogP contribution in [0.5, 0.6) is 0 Å². The summed E-state index contributed by atoms with van der Waals surface area (Å²) in [6.07, 6.45) is 0. The number of hydrogen-bond donors (Lipinski definition) is 1. The summed E-state index contributed by atoms with van der Waals surface area (Å²) in [6, 6.07) is 7.57. The molecule has 1 fully saturated rings. The maximum absolute atomic E-state index is 12.7. The maximum Gasteiger partial charge on any atom is 0.349 e. The predicted molar refractivity (Wildman–Crippen MR) is 99.6 cm³/mol. The Morgan fingerprint density at radius 3 is 2.67 bits per heavy atom. The molecule has 3 rings (SSSR count). The molecule has 0 aliphatic carbocycles. The molecule has 8 nitrogen and oxygen atoms in total. The van der Waals surface area contributed by atoms with Crippen molar-refractivity contribution in [2.45, 2.75) is 4.90 Å². The van der Waals surface area contributed by atoms with Gasteiger partial charge in [0.2, 0.25) is 0 Å². The number of anilines is 1. The second-order valence-corrected chi connectivity index (χ2v) is 8.26. The lowest BCUT2D eigenvalue weighted by molar-refractivity contribution is 0.0303. The van der Waals surface area contributed by atoms with Gasteiger partial charge in [0.1, 0.15) is 9.77 Å². The average molecular weight is 410 g/mol. The van der Waals surface area contributed by atoms with Crippen LogP contribution in [0.15, 0.2) is 40.6 Å². The van der Waals surface area contributed by atoms with Gasteiger partial charge in [-0.25, -0.2) is 13.2 Å². The first-order valence-corrected chi connectivity index (χ1v) is 10.4. The fourth-order valence-electron chi connectivity index (χ4n) is 2.63. The molecule has 2 aromatic rings. The van der Waals surface area contributed by atoms with E-state index in [1.807, 2.05) is 0 Å². The molecular weight excluding hydrogens is 392 g/mol. The van der Waals surface area contributed by atoms with Gasteiger partial charge < -0.3 is 14.4 Å². The van der Waals surface area contributed by atoms with Crippen LogP contribution in [0.3, 0.4) is 0 Å². The van der Waals surface area contributed by atoms with Crippen molar-refractivity contribution in [1.29, 1.82) is 0 Å². The SMILES string of the molecule is COC(=O)c1sccc1S(=O)(=O)Nc1cccc(C(=O)N2CCOCC2)c1. The lowest BCUT2D eigenvalue weighted by atomic mass is 10.1. The Morgan fingerprint density at radius 1 is 1.22 bits per heavy atom. The fourth-order valence-corrected chi connectivity index (χ4v) is 5.01. The first-order chi connectivity index (χ1) is 12.9. The van der Waals surface area contributed by atoms with E-state index < -0.39 is 16.0 Å². The molecule has 0 unspecified atom stereocenters. The topological polar surface area (TPSA) is 102 Å². The van der Waals surface area contributed by atoms with Crippen LogP contribution < -0.4 is 4.72 Å². The number of amides is 1. The molecule has 2 heterocycles. The van der Waals surface area contributed by atoms with Gasteiger partial charge in [-0.1, -0.05) is 6.07 Å². The lowest BCUT2D eigenvalue weighted by Crippen LogP contribution is -2.40. The third-order valence-electron chi connectivity index (χ3n) is 3.95. The third-order valence-corrected chi connectivity index (χ3v) is 6.40. The molecule has 0 spiro atoms. The van der Waals surface area contributed by atoms with Crippen molar-refractivity contribution in [1.82, 2.24) is 4.90 Å². The molecule has 0 saturated carbocycles. The molecule has 10 heteroatoms. The highest BCUT2D eigenvalue weighted by Crippen LogP contribution is 2.25. The Bertz CT molecular complexity index is 948. The van der Waals surface area contributed by atoms with E-state index in [9.17, 15) is 18.0 Å². The van der Waals surface area contributed by atoms with E-state index in [1.54, 1.807) is 17.0 Å². The number of nitrogens with zero attached hydrogens (tertiary/aromatic N) is 1. The zero-order chi connectivity index (χ0) is 19.4. The van der Waals surface area contributed by atoms with Crippen molar-refractivity contribution in [2.24, 2.45) is 0 Å². The fraction of sp³-hybridized carbons (Fsp3) is 0.294. The molecule has 1 aromatic carbocycles. The molecule has 1 aliphatic rings. The smallest absolute Gasteiger partial charge is 0.349 e. The summed E-state index contributed by atoms with van der Waals surface area (Å²) in [5.41, 5.74) is 0.603. The molecule has 144 valence electrons. The Labute approximate surface area is 160 Å². The Balaban J connectivity index is 1.82. The summed E-state index contributed by atoms with van der Waals surface area (Å²) in [6.45, 7) is 1.94. The number of carbonyl (C=O) groups is 2.